The van der Waals surface area contributed by atoms with Crippen LogP contribution in [0.15, 0.2) is 24.3 Å². The average Bonchev–Trinajstić information content (AvgIpc) is 2.39. The van der Waals surface area contributed by atoms with Crippen LogP contribution in [0, 0.1) is 21.4 Å². The van der Waals surface area contributed by atoms with Crippen LogP contribution in [0.3, 0.4) is 0 Å². The van der Waals surface area contributed by atoms with Crippen LogP contribution >= 0.6 is 0 Å². The van der Waals surface area contributed by atoms with Gasteiger partial charge in [-0.25, -0.2) is 0 Å². The van der Waals surface area contributed by atoms with Crippen molar-refractivity contribution in [2.75, 3.05) is 13.2 Å². The van der Waals surface area contributed by atoms with E-state index in [1.54, 1.807) is 18.2 Å². The van der Waals surface area contributed by atoms with Gasteiger partial charge in [0.2, 0.25) is 0 Å². The van der Waals surface area contributed by atoms with Crippen LogP contribution in [-0.2, 0) is 10.2 Å². The van der Waals surface area contributed by atoms with Gasteiger partial charge in [-0.15, -0.1) is 0 Å². The summed E-state index contributed by atoms with van der Waals surface area (Å²) in [6.45, 7) is 0.944. The van der Waals surface area contributed by atoms with E-state index in [1.165, 1.54) is 6.07 Å². The Labute approximate surface area is 98.8 Å². The van der Waals surface area contributed by atoms with Crippen molar-refractivity contribution >= 4 is 5.69 Å². The highest BCUT2D eigenvalue weighted by Crippen LogP contribution is 2.38. The molecule has 5 heteroatoms. The first-order valence-corrected chi connectivity index (χ1v) is 5.42. The summed E-state index contributed by atoms with van der Waals surface area (Å²) in [5.41, 5.74) is -0.242. The number of ether oxygens (including phenoxy) is 1. The highest BCUT2D eigenvalue weighted by Gasteiger charge is 2.39. The third kappa shape index (κ3) is 1.99. The largest absolute Gasteiger partial charge is 0.381 e. The Hall–Kier alpha value is -1.93. The Bertz CT molecular complexity index is 473. The number of hydrogen-bond donors (Lipinski definition) is 0. The van der Waals surface area contributed by atoms with Crippen molar-refractivity contribution in [3.63, 3.8) is 0 Å². The Kier molecular flexibility index (Phi) is 3.07. The predicted octanol–water partition coefficient (Wildman–Crippen LogP) is 2.17. The van der Waals surface area contributed by atoms with Gasteiger partial charge in [-0.1, -0.05) is 18.2 Å². The van der Waals surface area contributed by atoms with Gasteiger partial charge >= 0.3 is 0 Å². The first-order chi connectivity index (χ1) is 8.19. The summed E-state index contributed by atoms with van der Waals surface area (Å²) >= 11 is 0. The lowest BCUT2D eigenvalue weighted by Gasteiger charge is -2.30. The minimum Gasteiger partial charge on any atom is -0.381 e. The average molecular weight is 232 g/mol. The predicted molar refractivity (Wildman–Crippen MR) is 60.4 cm³/mol. The molecule has 0 N–H and O–H groups in total. The van der Waals surface area contributed by atoms with Gasteiger partial charge in [-0.05, 0) is 12.8 Å². The van der Waals surface area contributed by atoms with Crippen molar-refractivity contribution in [1.29, 1.82) is 5.26 Å². The molecule has 0 atom stereocenters. The molecule has 0 spiro atoms. The van der Waals surface area contributed by atoms with Crippen LogP contribution in [0.4, 0.5) is 5.69 Å². The van der Waals surface area contributed by atoms with E-state index in [-0.39, 0.29) is 5.69 Å². The number of rotatable bonds is 2. The SMILES string of the molecule is N#CC1(c2ccccc2[N+](=O)[O-])CCOCC1. The monoisotopic (exact) mass is 232 g/mol. The first-order valence-electron chi connectivity index (χ1n) is 5.42. The first kappa shape index (κ1) is 11.6. The van der Waals surface area contributed by atoms with E-state index < -0.39 is 10.3 Å². The van der Waals surface area contributed by atoms with Crippen LogP contribution < -0.4 is 0 Å². The van der Waals surface area contributed by atoms with E-state index in [1.807, 2.05) is 0 Å². The van der Waals surface area contributed by atoms with E-state index in [4.69, 9.17) is 4.74 Å². The maximum absolute atomic E-state index is 11.0. The summed E-state index contributed by atoms with van der Waals surface area (Å²) in [6.07, 6.45) is 1.02. The van der Waals surface area contributed by atoms with Crippen molar-refractivity contribution < 1.29 is 9.66 Å². The van der Waals surface area contributed by atoms with E-state index in [9.17, 15) is 15.4 Å². The van der Waals surface area contributed by atoms with Gasteiger partial charge < -0.3 is 4.74 Å². The van der Waals surface area contributed by atoms with Gasteiger partial charge in [-0.2, -0.15) is 5.26 Å². The number of benzene rings is 1. The maximum atomic E-state index is 11.0. The molecule has 1 fully saturated rings. The molecule has 0 aromatic heterocycles. The quantitative estimate of drug-likeness (QED) is 0.578. The second-order valence-corrected chi connectivity index (χ2v) is 4.08. The number of hydrogen-bond acceptors (Lipinski definition) is 4. The van der Waals surface area contributed by atoms with Gasteiger partial charge in [0.25, 0.3) is 5.69 Å². The minimum absolute atomic E-state index is 0.0240. The van der Waals surface area contributed by atoms with E-state index in [2.05, 4.69) is 6.07 Å². The van der Waals surface area contributed by atoms with E-state index >= 15 is 0 Å². The Morgan fingerprint density at radius 3 is 2.59 bits per heavy atom. The summed E-state index contributed by atoms with van der Waals surface area (Å²) in [7, 11) is 0. The molecule has 0 saturated carbocycles. The van der Waals surface area contributed by atoms with Gasteiger partial charge in [0.15, 0.2) is 0 Å². The number of nitro benzene ring substituents is 1. The minimum atomic E-state index is -0.776. The molecule has 0 radical (unpaired) electrons. The topological polar surface area (TPSA) is 76.2 Å². The van der Waals surface area contributed by atoms with Crippen molar-refractivity contribution in [3.8, 4) is 6.07 Å². The van der Waals surface area contributed by atoms with Gasteiger partial charge in [0, 0.05) is 19.3 Å². The lowest BCUT2D eigenvalue weighted by atomic mass is 9.75. The molecule has 0 amide bonds. The fourth-order valence-electron chi connectivity index (χ4n) is 2.20. The molecule has 0 unspecified atom stereocenters. The fraction of sp³-hybridized carbons (Fsp3) is 0.417. The van der Waals surface area contributed by atoms with E-state index in [0.29, 0.717) is 31.6 Å². The van der Waals surface area contributed by atoms with Crippen LogP contribution in [-0.4, -0.2) is 18.1 Å². The molecular weight excluding hydrogens is 220 g/mol. The number of nitro groups is 1. The Morgan fingerprint density at radius 2 is 2.00 bits per heavy atom. The van der Waals surface area contributed by atoms with Crippen molar-refractivity contribution in [3.05, 3.63) is 39.9 Å². The molecule has 1 aromatic rings. The van der Waals surface area contributed by atoms with Crippen molar-refractivity contribution in [2.24, 2.45) is 0 Å². The number of nitriles is 1. The summed E-state index contributed by atoms with van der Waals surface area (Å²) in [4.78, 5) is 10.6. The maximum Gasteiger partial charge on any atom is 0.274 e. The lowest BCUT2D eigenvalue weighted by molar-refractivity contribution is -0.386. The smallest absolute Gasteiger partial charge is 0.274 e. The van der Waals surface area contributed by atoms with E-state index in [0.717, 1.165) is 0 Å². The molecule has 2 rings (SSSR count). The lowest BCUT2D eigenvalue weighted by Crippen LogP contribution is -2.32. The normalized spacial score (nSPS) is 18.3. The molecule has 0 aliphatic carbocycles. The summed E-state index contributed by atoms with van der Waals surface area (Å²) in [6, 6.07) is 8.72. The Balaban J connectivity index is 2.51. The third-order valence-electron chi connectivity index (χ3n) is 3.18. The van der Waals surface area contributed by atoms with Crippen molar-refractivity contribution in [2.45, 2.75) is 18.3 Å². The molecule has 5 nitrogen and oxygen atoms in total. The zero-order valence-electron chi connectivity index (χ0n) is 9.26. The number of nitrogens with zero attached hydrogens (tertiary/aromatic N) is 2. The van der Waals surface area contributed by atoms with Crippen LogP contribution in [0.2, 0.25) is 0 Å². The zero-order valence-corrected chi connectivity index (χ0v) is 9.26. The second kappa shape index (κ2) is 4.52. The van der Waals surface area contributed by atoms with Gasteiger partial charge in [0.1, 0.15) is 0 Å². The number of para-hydroxylation sites is 1. The zero-order chi connectivity index (χ0) is 12.3. The molecule has 0 bridgehead atoms. The van der Waals surface area contributed by atoms with Crippen LogP contribution in [0.25, 0.3) is 0 Å². The molecule has 88 valence electrons. The highest BCUT2D eigenvalue weighted by atomic mass is 16.6. The molecule has 1 aromatic carbocycles. The molecule has 1 heterocycles. The van der Waals surface area contributed by atoms with Gasteiger partial charge in [-0.3, -0.25) is 10.1 Å². The molecule has 17 heavy (non-hydrogen) atoms. The summed E-state index contributed by atoms with van der Waals surface area (Å²) in [5.74, 6) is 0. The fourth-order valence-corrected chi connectivity index (χ4v) is 2.20. The molecule has 1 aliphatic heterocycles. The van der Waals surface area contributed by atoms with Crippen LogP contribution in [0.1, 0.15) is 18.4 Å². The molecular formula is C12H12N2O3. The Morgan fingerprint density at radius 1 is 1.35 bits per heavy atom. The van der Waals surface area contributed by atoms with Gasteiger partial charge in [0.05, 0.1) is 22.0 Å². The molecule has 1 aliphatic rings. The summed E-state index contributed by atoms with van der Waals surface area (Å²) in [5, 5.41) is 20.4. The standard InChI is InChI=1S/C12H12N2O3/c13-9-12(5-7-17-8-6-12)10-3-1-2-4-11(10)14(15)16/h1-4H,5-8H2. The summed E-state index contributed by atoms with van der Waals surface area (Å²) < 4.78 is 5.23. The molecule has 1 saturated heterocycles. The van der Waals surface area contributed by atoms with Crippen LogP contribution in [0.5, 0.6) is 0 Å². The second-order valence-electron chi connectivity index (χ2n) is 4.08. The van der Waals surface area contributed by atoms with Crippen molar-refractivity contribution in [1.82, 2.24) is 0 Å². The third-order valence-corrected chi connectivity index (χ3v) is 3.18. The highest BCUT2D eigenvalue weighted by molar-refractivity contribution is 5.48.